The maximum Gasteiger partial charge on any atom is 0.310 e. The van der Waals surface area contributed by atoms with Gasteiger partial charge in [-0.3, -0.25) is 9.59 Å². The van der Waals surface area contributed by atoms with Gasteiger partial charge in [0.15, 0.2) is 0 Å². The molecule has 4 saturated carbocycles. The number of aliphatic hydroxyl groups excluding tert-OH is 1. The minimum absolute atomic E-state index is 0.112. The van der Waals surface area contributed by atoms with E-state index in [1.54, 1.807) is 6.92 Å². The van der Waals surface area contributed by atoms with Crippen LogP contribution in [0, 0.1) is 39.9 Å². The number of rotatable bonds is 2. The van der Waals surface area contributed by atoms with Crippen LogP contribution in [0.15, 0.2) is 0 Å². The van der Waals surface area contributed by atoms with Crippen LogP contribution in [-0.2, 0) is 9.59 Å². The van der Waals surface area contributed by atoms with E-state index in [9.17, 15) is 19.8 Å². The van der Waals surface area contributed by atoms with E-state index in [0.717, 1.165) is 44.9 Å². The lowest BCUT2D eigenvalue weighted by atomic mass is 9.40. The molecule has 0 aromatic carbocycles. The largest absolute Gasteiger partial charge is 0.481 e. The molecule has 0 amide bonds. The Morgan fingerprint density at radius 3 is 2.31 bits per heavy atom. The number of hydrogen-bond donors (Lipinski definition) is 2. The average molecular weight is 363 g/mol. The van der Waals surface area contributed by atoms with Crippen molar-refractivity contribution in [2.45, 2.75) is 84.7 Å². The number of hydrogen-bond acceptors (Lipinski definition) is 3. The molecule has 0 saturated heterocycles. The van der Waals surface area contributed by atoms with Crippen molar-refractivity contribution in [1.82, 2.24) is 0 Å². The molecule has 0 spiro atoms. The van der Waals surface area contributed by atoms with Crippen molar-refractivity contribution in [1.29, 1.82) is 0 Å². The number of carbonyl (C=O) groups is 2. The minimum Gasteiger partial charge on any atom is -0.481 e. The Labute approximate surface area is 156 Å². The van der Waals surface area contributed by atoms with Gasteiger partial charge in [-0.1, -0.05) is 13.8 Å². The molecule has 146 valence electrons. The van der Waals surface area contributed by atoms with E-state index in [1.807, 2.05) is 0 Å². The molecule has 26 heavy (non-hydrogen) atoms. The third kappa shape index (κ3) is 2.17. The topological polar surface area (TPSA) is 74.6 Å². The third-order valence-electron chi connectivity index (χ3n) is 9.73. The van der Waals surface area contributed by atoms with Gasteiger partial charge in [-0.25, -0.2) is 0 Å². The summed E-state index contributed by atoms with van der Waals surface area (Å²) in [6.07, 6.45) is 7.37. The zero-order valence-electron chi connectivity index (χ0n) is 16.5. The minimum atomic E-state index is -0.766. The van der Waals surface area contributed by atoms with Crippen LogP contribution in [0.4, 0.5) is 0 Å². The van der Waals surface area contributed by atoms with E-state index in [-0.39, 0.29) is 16.7 Å². The number of aliphatic hydroxyl groups is 1. The standard InChI is InChI=1S/C22H34O4/c1-13(23)16-4-5-17-15-7-11-22(19(25)26)12-14(24)6-10-21(22,3)18(15)8-9-20(16,17)2/h14-18,24H,4-12H2,1-3H3,(H,25,26)/t14-,15+,16-,17+,18+,20-,21-,22?/m1/s1. The van der Waals surface area contributed by atoms with Crippen LogP contribution < -0.4 is 0 Å². The molecular formula is C22H34O4. The summed E-state index contributed by atoms with van der Waals surface area (Å²) < 4.78 is 0. The molecule has 0 aromatic rings. The Balaban J connectivity index is 1.70. The molecule has 4 aliphatic carbocycles. The van der Waals surface area contributed by atoms with Gasteiger partial charge in [0.1, 0.15) is 5.78 Å². The quantitative estimate of drug-likeness (QED) is 0.777. The molecule has 0 bridgehead atoms. The van der Waals surface area contributed by atoms with E-state index in [1.165, 1.54) is 0 Å². The van der Waals surface area contributed by atoms with Crippen LogP contribution >= 0.6 is 0 Å². The van der Waals surface area contributed by atoms with Gasteiger partial charge in [-0.05, 0) is 93.3 Å². The molecule has 4 fully saturated rings. The molecule has 2 N–H and O–H groups in total. The van der Waals surface area contributed by atoms with Crippen LogP contribution in [0.3, 0.4) is 0 Å². The van der Waals surface area contributed by atoms with Crippen LogP contribution in [-0.4, -0.2) is 28.1 Å². The SMILES string of the molecule is CC(=O)[C@H]1CC[C@H]2[C@@H]3CCC4(C(=O)O)C[C@H](O)CC[C@]4(C)[C@H]3CC[C@]12C. The van der Waals surface area contributed by atoms with E-state index in [4.69, 9.17) is 0 Å². The predicted octanol–water partition coefficient (Wildman–Crippen LogP) is 4.05. The second-order valence-electron chi connectivity index (χ2n) is 10.4. The molecule has 1 unspecified atom stereocenters. The van der Waals surface area contributed by atoms with E-state index < -0.39 is 17.5 Å². The van der Waals surface area contributed by atoms with Gasteiger partial charge in [0, 0.05) is 5.92 Å². The van der Waals surface area contributed by atoms with Crippen LogP contribution in [0.25, 0.3) is 0 Å². The van der Waals surface area contributed by atoms with Crippen molar-refractivity contribution >= 4 is 11.8 Å². The number of aliphatic carboxylic acids is 1. The number of fused-ring (bicyclic) bond motifs is 5. The maximum absolute atomic E-state index is 12.4. The molecule has 8 atom stereocenters. The van der Waals surface area contributed by atoms with Crippen LogP contribution in [0.1, 0.15) is 78.6 Å². The molecule has 4 aliphatic rings. The lowest BCUT2D eigenvalue weighted by molar-refractivity contribution is -0.201. The molecule has 4 nitrogen and oxygen atoms in total. The highest BCUT2D eigenvalue weighted by Crippen LogP contribution is 2.70. The summed E-state index contributed by atoms with van der Waals surface area (Å²) in [5.74, 6) is 1.37. The first kappa shape index (κ1) is 18.5. The van der Waals surface area contributed by atoms with Gasteiger partial charge in [-0.15, -0.1) is 0 Å². The summed E-state index contributed by atoms with van der Waals surface area (Å²) in [4.78, 5) is 24.6. The second kappa shape index (κ2) is 5.80. The number of ketones is 1. The number of Topliss-reactive ketones (excluding diaryl/α,β-unsaturated/α-hetero) is 1. The molecular weight excluding hydrogens is 328 g/mol. The fourth-order valence-electron chi connectivity index (χ4n) is 8.37. The second-order valence-corrected chi connectivity index (χ2v) is 10.4. The summed E-state index contributed by atoms with van der Waals surface area (Å²) in [6.45, 7) is 6.30. The van der Waals surface area contributed by atoms with Crippen molar-refractivity contribution in [2.75, 3.05) is 0 Å². The summed E-state index contributed by atoms with van der Waals surface area (Å²) in [6, 6.07) is 0. The van der Waals surface area contributed by atoms with Crippen molar-refractivity contribution in [3.05, 3.63) is 0 Å². The summed E-state index contributed by atoms with van der Waals surface area (Å²) in [5, 5.41) is 20.5. The third-order valence-corrected chi connectivity index (χ3v) is 9.73. The van der Waals surface area contributed by atoms with Gasteiger partial charge < -0.3 is 10.2 Å². The first-order chi connectivity index (χ1) is 12.2. The lowest BCUT2D eigenvalue weighted by Crippen LogP contribution is -2.62. The molecule has 4 rings (SSSR count). The smallest absolute Gasteiger partial charge is 0.310 e. The molecule has 0 aromatic heterocycles. The molecule has 0 aliphatic heterocycles. The first-order valence-electron chi connectivity index (χ1n) is 10.6. The number of carboxylic acid groups (broad SMARTS) is 1. The highest BCUT2D eigenvalue weighted by atomic mass is 16.4. The molecule has 4 heteroatoms. The Hall–Kier alpha value is -0.900. The molecule has 0 heterocycles. The van der Waals surface area contributed by atoms with E-state index >= 15 is 0 Å². The van der Waals surface area contributed by atoms with Crippen LogP contribution in [0.5, 0.6) is 0 Å². The predicted molar refractivity (Wildman–Crippen MR) is 98.5 cm³/mol. The highest BCUT2D eigenvalue weighted by Gasteiger charge is 2.67. The Morgan fingerprint density at radius 2 is 1.65 bits per heavy atom. The van der Waals surface area contributed by atoms with Gasteiger partial charge in [0.25, 0.3) is 0 Å². The summed E-state index contributed by atoms with van der Waals surface area (Å²) >= 11 is 0. The fourth-order valence-corrected chi connectivity index (χ4v) is 8.37. The Morgan fingerprint density at radius 1 is 0.923 bits per heavy atom. The van der Waals surface area contributed by atoms with E-state index in [0.29, 0.717) is 36.4 Å². The average Bonchev–Trinajstić information content (AvgIpc) is 2.92. The van der Waals surface area contributed by atoms with Crippen LogP contribution in [0.2, 0.25) is 0 Å². The number of carboxylic acids is 1. The van der Waals surface area contributed by atoms with Gasteiger partial charge in [-0.2, -0.15) is 0 Å². The van der Waals surface area contributed by atoms with Crippen molar-refractivity contribution in [3.8, 4) is 0 Å². The monoisotopic (exact) mass is 362 g/mol. The van der Waals surface area contributed by atoms with Crippen molar-refractivity contribution < 1.29 is 19.8 Å². The van der Waals surface area contributed by atoms with Gasteiger partial charge >= 0.3 is 5.97 Å². The lowest BCUT2D eigenvalue weighted by Gasteiger charge is -2.64. The normalized spacial score (nSPS) is 53.3. The summed E-state index contributed by atoms with van der Waals surface area (Å²) in [7, 11) is 0. The van der Waals surface area contributed by atoms with Gasteiger partial charge in [0.05, 0.1) is 11.5 Å². The molecule has 0 radical (unpaired) electrons. The zero-order valence-corrected chi connectivity index (χ0v) is 16.5. The maximum atomic E-state index is 12.4. The highest BCUT2D eigenvalue weighted by molar-refractivity contribution is 5.79. The van der Waals surface area contributed by atoms with Crippen molar-refractivity contribution in [2.24, 2.45) is 39.9 Å². The van der Waals surface area contributed by atoms with E-state index in [2.05, 4.69) is 13.8 Å². The first-order valence-corrected chi connectivity index (χ1v) is 10.6. The zero-order chi connectivity index (χ0) is 18.9. The summed E-state index contributed by atoms with van der Waals surface area (Å²) in [5.41, 5.74) is -0.879. The number of carbonyl (C=O) groups excluding carboxylic acids is 1. The van der Waals surface area contributed by atoms with Crippen molar-refractivity contribution in [3.63, 3.8) is 0 Å². The Kier molecular flexibility index (Phi) is 4.12. The van der Waals surface area contributed by atoms with Gasteiger partial charge in [0.2, 0.25) is 0 Å². The Bertz CT molecular complexity index is 630. The fraction of sp³-hybridized carbons (Fsp3) is 0.909.